The monoisotopic (exact) mass is 247 g/mol. The van der Waals surface area contributed by atoms with Gasteiger partial charge >= 0.3 is 0 Å². The zero-order valence-corrected chi connectivity index (χ0v) is 9.72. The molecule has 0 spiro atoms. The van der Waals surface area contributed by atoms with Crippen LogP contribution in [-0.4, -0.2) is 39.1 Å². The second-order valence-electron chi connectivity index (χ2n) is 4.30. The maximum Gasteiger partial charge on any atom is 0.284 e. The van der Waals surface area contributed by atoms with Gasteiger partial charge in [0.05, 0.1) is 6.20 Å². The van der Waals surface area contributed by atoms with Gasteiger partial charge in [-0.2, -0.15) is 0 Å². The number of nitrogens with one attached hydrogen (secondary N) is 1. The van der Waals surface area contributed by atoms with Crippen molar-refractivity contribution in [1.82, 2.24) is 19.9 Å². The lowest BCUT2D eigenvalue weighted by Gasteiger charge is -2.20. The fourth-order valence-electron chi connectivity index (χ4n) is 2.09. The molecule has 2 aromatic heterocycles. The number of carbonyl (C=O) groups excluding carboxylic acids is 1. The Hall–Kier alpha value is -2.02. The normalized spacial score (nSPS) is 17.1. The Bertz CT molecular complexity index is 588. The summed E-state index contributed by atoms with van der Waals surface area (Å²) in [6.07, 6.45) is 3.48. The highest BCUT2D eigenvalue weighted by atomic mass is 16.5. The van der Waals surface area contributed by atoms with Crippen LogP contribution in [0.1, 0.15) is 35.2 Å². The Morgan fingerprint density at radius 2 is 2.17 bits per heavy atom. The molecule has 18 heavy (non-hydrogen) atoms. The summed E-state index contributed by atoms with van der Waals surface area (Å²) in [4.78, 5) is 26.6. The quantitative estimate of drug-likeness (QED) is 0.796. The number of ether oxygens (including phenoxy) is 1. The van der Waals surface area contributed by atoms with Gasteiger partial charge in [0.15, 0.2) is 11.5 Å². The molecule has 7 nitrogen and oxygen atoms in total. The van der Waals surface area contributed by atoms with Crippen LogP contribution < -0.4 is 5.73 Å². The van der Waals surface area contributed by atoms with Gasteiger partial charge in [0.2, 0.25) is 0 Å². The van der Waals surface area contributed by atoms with Crippen LogP contribution in [0.25, 0.3) is 11.2 Å². The lowest BCUT2D eigenvalue weighted by molar-refractivity contribution is 0.0836. The molecule has 94 valence electrons. The standard InChI is InChI=1S/C11H13N5O2/c12-8(17)11-14-7-5-13-9(15-10(7)16-11)6-1-3-18-4-2-6/h5-6H,1-4H2,(H2,12,17)(H,13,14,15,16). The van der Waals surface area contributed by atoms with E-state index < -0.39 is 5.91 Å². The highest BCUT2D eigenvalue weighted by molar-refractivity contribution is 5.92. The zero-order valence-electron chi connectivity index (χ0n) is 9.72. The number of nitrogens with two attached hydrogens (primary N) is 1. The highest BCUT2D eigenvalue weighted by Crippen LogP contribution is 2.24. The number of aromatic nitrogens is 4. The molecule has 3 N–H and O–H groups in total. The molecule has 0 bridgehead atoms. The maximum atomic E-state index is 11.0. The molecular weight excluding hydrogens is 234 g/mol. The summed E-state index contributed by atoms with van der Waals surface area (Å²) in [5, 5.41) is 0. The van der Waals surface area contributed by atoms with E-state index in [0.29, 0.717) is 17.1 Å². The third-order valence-electron chi connectivity index (χ3n) is 3.08. The van der Waals surface area contributed by atoms with Crippen molar-refractivity contribution >= 4 is 17.1 Å². The zero-order chi connectivity index (χ0) is 12.5. The molecule has 3 heterocycles. The molecule has 0 unspecified atom stereocenters. The van der Waals surface area contributed by atoms with E-state index in [9.17, 15) is 4.79 Å². The molecule has 0 radical (unpaired) electrons. The predicted octanol–water partition coefficient (Wildman–Crippen LogP) is 0.346. The van der Waals surface area contributed by atoms with Crippen LogP contribution >= 0.6 is 0 Å². The number of carbonyl (C=O) groups is 1. The molecule has 0 aromatic carbocycles. The molecule has 0 atom stereocenters. The number of imidazole rings is 1. The van der Waals surface area contributed by atoms with Crippen molar-refractivity contribution in [3.63, 3.8) is 0 Å². The van der Waals surface area contributed by atoms with Gasteiger partial charge in [0, 0.05) is 19.1 Å². The molecule has 1 saturated heterocycles. The van der Waals surface area contributed by atoms with Gasteiger partial charge in [0.1, 0.15) is 11.3 Å². The van der Waals surface area contributed by atoms with Gasteiger partial charge in [-0.15, -0.1) is 0 Å². The number of amides is 1. The minimum Gasteiger partial charge on any atom is -0.381 e. The van der Waals surface area contributed by atoms with Gasteiger partial charge in [-0.25, -0.2) is 15.0 Å². The average Bonchev–Trinajstić information content (AvgIpc) is 2.82. The Labute approximate surface area is 103 Å². The van der Waals surface area contributed by atoms with Gasteiger partial charge in [-0.3, -0.25) is 4.79 Å². The molecule has 1 aliphatic rings. The number of primary amides is 1. The van der Waals surface area contributed by atoms with Crippen LogP contribution in [-0.2, 0) is 4.74 Å². The first kappa shape index (κ1) is 11.1. The molecule has 0 aliphatic carbocycles. The van der Waals surface area contributed by atoms with Gasteiger partial charge in [-0.1, -0.05) is 0 Å². The summed E-state index contributed by atoms with van der Waals surface area (Å²) in [5.74, 6) is 0.578. The smallest absolute Gasteiger partial charge is 0.284 e. The minimum absolute atomic E-state index is 0.114. The first-order valence-corrected chi connectivity index (χ1v) is 5.84. The first-order valence-electron chi connectivity index (χ1n) is 5.84. The van der Waals surface area contributed by atoms with Crippen LogP contribution in [0.4, 0.5) is 0 Å². The minimum atomic E-state index is -0.597. The Kier molecular flexibility index (Phi) is 2.67. The van der Waals surface area contributed by atoms with E-state index in [4.69, 9.17) is 10.5 Å². The molecule has 2 aromatic rings. The van der Waals surface area contributed by atoms with E-state index in [1.807, 2.05) is 0 Å². The van der Waals surface area contributed by atoms with Crippen molar-refractivity contribution in [2.75, 3.05) is 13.2 Å². The number of hydrogen-bond donors (Lipinski definition) is 2. The van der Waals surface area contributed by atoms with Gasteiger partial charge < -0.3 is 15.5 Å². The molecule has 3 rings (SSSR count). The maximum absolute atomic E-state index is 11.0. The summed E-state index contributed by atoms with van der Waals surface area (Å²) in [6, 6.07) is 0. The van der Waals surface area contributed by atoms with Crippen molar-refractivity contribution < 1.29 is 9.53 Å². The molecule has 1 amide bonds. The van der Waals surface area contributed by atoms with Gasteiger partial charge in [-0.05, 0) is 12.8 Å². The fourth-order valence-corrected chi connectivity index (χ4v) is 2.09. The Morgan fingerprint density at radius 1 is 1.39 bits per heavy atom. The van der Waals surface area contributed by atoms with Crippen LogP contribution in [0.5, 0.6) is 0 Å². The SMILES string of the molecule is NC(=O)c1nc2nc(C3CCOCC3)ncc2[nH]1. The third kappa shape index (κ3) is 1.92. The number of aromatic amines is 1. The molecule has 1 fully saturated rings. The molecule has 1 aliphatic heterocycles. The van der Waals surface area contributed by atoms with Crippen LogP contribution in [0, 0.1) is 0 Å². The summed E-state index contributed by atoms with van der Waals surface area (Å²) in [6.45, 7) is 1.47. The number of H-pyrrole nitrogens is 1. The Balaban J connectivity index is 1.96. The molecule has 0 saturated carbocycles. The van der Waals surface area contributed by atoms with Crippen molar-refractivity contribution in [3.8, 4) is 0 Å². The lowest BCUT2D eigenvalue weighted by Crippen LogP contribution is -2.16. The van der Waals surface area contributed by atoms with Gasteiger partial charge in [0.25, 0.3) is 5.91 Å². The molecule has 7 heteroatoms. The second-order valence-corrected chi connectivity index (χ2v) is 4.30. The van der Waals surface area contributed by atoms with Crippen molar-refractivity contribution in [3.05, 3.63) is 17.8 Å². The topological polar surface area (TPSA) is 107 Å². The van der Waals surface area contributed by atoms with Crippen molar-refractivity contribution in [2.45, 2.75) is 18.8 Å². The lowest BCUT2D eigenvalue weighted by atomic mass is 9.99. The number of rotatable bonds is 2. The van der Waals surface area contributed by atoms with Crippen LogP contribution in [0.3, 0.4) is 0 Å². The third-order valence-corrected chi connectivity index (χ3v) is 3.08. The van der Waals surface area contributed by atoms with Crippen molar-refractivity contribution in [2.24, 2.45) is 5.73 Å². The number of fused-ring (bicyclic) bond motifs is 1. The predicted molar refractivity (Wildman–Crippen MR) is 63.0 cm³/mol. The second kappa shape index (κ2) is 4.34. The van der Waals surface area contributed by atoms with E-state index >= 15 is 0 Å². The van der Waals surface area contributed by atoms with Crippen LogP contribution in [0.15, 0.2) is 6.20 Å². The van der Waals surface area contributed by atoms with E-state index in [1.54, 1.807) is 6.20 Å². The fraction of sp³-hybridized carbons (Fsp3) is 0.455. The van der Waals surface area contributed by atoms with Crippen molar-refractivity contribution in [1.29, 1.82) is 0 Å². The number of nitrogens with zero attached hydrogens (tertiary/aromatic N) is 3. The van der Waals surface area contributed by atoms with E-state index in [1.165, 1.54) is 0 Å². The number of hydrogen-bond acceptors (Lipinski definition) is 5. The van der Waals surface area contributed by atoms with E-state index in [-0.39, 0.29) is 5.82 Å². The van der Waals surface area contributed by atoms with Crippen LogP contribution in [0.2, 0.25) is 0 Å². The summed E-state index contributed by atoms with van der Waals surface area (Å²) >= 11 is 0. The summed E-state index contributed by atoms with van der Waals surface area (Å²) in [5.41, 5.74) is 6.27. The average molecular weight is 247 g/mol. The summed E-state index contributed by atoms with van der Waals surface area (Å²) in [7, 11) is 0. The Morgan fingerprint density at radius 3 is 2.89 bits per heavy atom. The van der Waals surface area contributed by atoms with E-state index in [0.717, 1.165) is 31.9 Å². The summed E-state index contributed by atoms with van der Waals surface area (Å²) < 4.78 is 5.31. The largest absolute Gasteiger partial charge is 0.381 e. The first-order chi connectivity index (χ1) is 8.74. The highest BCUT2D eigenvalue weighted by Gasteiger charge is 2.19. The van der Waals surface area contributed by atoms with E-state index in [2.05, 4.69) is 19.9 Å². The molecular formula is C11H13N5O2.